The molecule has 21 heavy (non-hydrogen) atoms. The van der Waals surface area contributed by atoms with Crippen LogP contribution in [0.5, 0.6) is 0 Å². The van der Waals surface area contributed by atoms with E-state index in [1.807, 2.05) is 36.2 Å². The zero-order chi connectivity index (χ0) is 15.2. The maximum atomic E-state index is 14.0. The van der Waals surface area contributed by atoms with Gasteiger partial charge in [-0.1, -0.05) is 37.3 Å². The highest BCUT2D eigenvalue weighted by Crippen LogP contribution is 2.31. The average molecular weight is 286 g/mol. The lowest BCUT2D eigenvalue weighted by atomic mass is 10.0. The zero-order valence-electron chi connectivity index (χ0n) is 12.9. The smallest absolute Gasteiger partial charge is 0.146 e. The molecule has 2 aromatic carbocycles. The molecule has 0 aromatic heterocycles. The molecule has 3 heteroatoms. The van der Waals surface area contributed by atoms with Gasteiger partial charge in [0.05, 0.1) is 5.69 Å². The average Bonchev–Trinajstić information content (AvgIpc) is 2.52. The molecule has 0 aliphatic rings. The van der Waals surface area contributed by atoms with E-state index in [2.05, 4.69) is 25.2 Å². The van der Waals surface area contributed by atoms with Crippen molar-refractivity contribution in [1.82, 2.24) is 5.32 Å². The monoisotopic (exact) mass is 286 g/mol. The Morgan fingerprint density at radius 2 is 1.67 bits per heavy atom. The van der Waals surface area contributed by atoms with Crippen LogP contribution in [0.2, 0.25) is 0 Å². The predicted molar refractivity (Wildman–Crippen MR) is 87.6 cm³/mol. The third-order valence-electron chi connectivity index (χ3n) is 3.68. The van der Waals surface area contributed by atoms with Crippen LogP contribution in [0, 0.1) is 5.82 Å². The van der Waals surface area contributed by atoms with Crippen molar-refractivity contribution in [3.63, 3.8) is 0 Å². The number of hydrogen-bond acceptors (Lipinski definition) is 2. The van der Waals surface area contributed by atoms with Gasteiger partial charge in [-0.3, -0.25) is 0 Å². The molecule has 0 aliphatic heterocycles. The van der Waals surface area contributed by atoms with Gasteiger partial charge in [-0.15, -0.1) is 0 Å². The minimum atomic E-state index is -0.205. The molecule has 1 atom stereocenters. The van der Waals surface area contributed by atoms with Gasteiger partial charge in [0, 0.05) is 18.8 Å². The van der Waals surface area contributed by atoms with Crippen LogP contribution in [0.4, 0.5) is 15.8 Å². The van der Waals surface area contributed by atoms with E-state index in [0.717, 1.165) is 18.7 Å². The van der Waals surface area contributed by atoms with E-state index >= 15 is 0 Å². The Balaban J connectivity index is 2.33. The Morgan fingerprint density at radius 3 is 2.33 bits per heavy atom. The van der Waals surface area contributed by atoms with Gasteiger partial charge in [0.2, 0.25) is 0 Å². The van der Waals surface area contributed by atoms with E-state index in [0.29, 0.717) is 5.69 Å². The molecule has 0 saturated carbocycles. The number of para-hydroxylation sites is 2. The van der Waals surface area contributed by atoms with E-state index in [4.69, 9.17) is 0 Å². The van der Waals surface area contributed by atoms with Gasteiger partial charge in [0.15, 0.2) is 0 Å². The zero-order valence-corrected chi connectivity index (χ0v) is 12.9. The van der Waals surface area contributed by atoms with Crippen molar-refractivity contribution in [1.29, 1.82) is 0 Å². The second-order valence-electron chi connectivity index (χ2n) is 5.25. The number of nitrogens with one attached hydrogen (secondary N) is 1. The molecule has 0 heterocycles. The molecule has 1 N–H and O–H groups in total. The Kier molecular flexibility index (Phi) is 5.34. The van der Waals surface area contributed by atoms with Gasteiger partial charge < -0.3 is 10.2 Å². The first-order valence-corrected chi connectivity index (χ1v) is 7.45. The third kappa shape index (κ3) is 3.61. The highest BCUT2D eigenvalue weighted by atomic mass is 19.1. The molecule has 0 amide bonds. The highest BCUT2D eigenvalue weighted by Gasteiger charge is 2.15. The van der Waals surface area contributed by atoms with Gasteiger partial charge >= 0.3 is 0 Å². The molecule has 2 rings (SSSR count). The minimum absolute atomic E-state index is 0.205. The fourth-order valence-electron chi connectivity index (χ4n) is 2.48. The number of nitrogens with zero attached hydrogens (tertiary/aromatic N) is 1. The number of benzene rings is 2. The quantitative estimate of drug-likeness (QED) is 0.831. The predicted octanol–water partition coefficient (Wildman–Crippen LogP) is 4.65. The summed E-state index contributed by atoms with van der Waals surface area (Å²) in [5, 5.41) is 3.49. The first-order valence-electron chi connectivity index (χ1n) is 7.45. The molecule has 112 valence electrons. The maximum absolute atomic E-state index is 14.0. The summed E-state index contributed by atoms with van der Waals surface area (Å²) in [5.41, 5.74) is 2.79. The molecule has 1 unspecified atom stereocenters. The van der Waals surface area contributed by atoms with Crippen molar-refractivity contribution in [2.45, 2.75) is 26.3 Å². The summed E-state index contributed by atoms with van der Waals surface area (Å²) in [7, 11) is 1.91. The van der Waals surface area contributed by atoms with Crippen molar-refractivity contribution >= 4 is 11.4 Å². The van der Waals surface area contributed by atoms with Gasteiger partial charge in [0.1, 0.15) is 5.82 Å². The lowest BCUT2D eigenvalue weighted by molar-refractivity contribution is 0.570. The largest absolute Gasteiger partial charge is 0.342 e. The Bertz CT molecular complexity index is 583. The Labute approximate surface area is 126 Å². The number of anilines is 2. The summed E-state index contributed by atoms with van der Waals surface area (Å²) in [4.78, 5) is 1.91. The van der Waals surface area contributed by atoms with E-state index in [1.54, 1.807) is 12.1 Å². The second-order valence-corrected chi connectivity index (χ2v) is 5.25. The van der Waals surface area contributed by atoms with Crippen LogP contribution in [-0.2, 0) is 0 Å². The SMILES string of the molecule is CCCNC(C)c1ccccc1N(C)c1ccccc1F. The molecule has 0 aliphatic carbocycles. The van der Waals surface area contributed by atoms with Crippen molar-refractivity contribution < 1.29 is 4.39 Å². The van der Waals surface area contributed by atoms with Crippen LogP contribution >= 0.6 is 0 Å². The summed E-state index contributed by atoms with van der Waals surface area (Å²) in [5.74, 6) is -0.205. The standard InChI is InChI=1S/C18H23FN2/c1-4-13-20-14(2)15-9-5-7-11-17(15)21(3)18-12-8-6-10-16(18)19/h5-12,14,20H,4,13H2,1-3H3. The van der Waals surface area contributed by atoms with Crippen LogP contribution in [0.3, 0.4) is 0 Å². The third-order valence-corrected chi connectivity index (χ3v) is 3.68. The summed E-state index contributed by atoms with van der Waals surface area (Å²) < 4.78 is 14.0. The van der Waals surface area contributed by atoms with Crippen LogP contribution in [0.1, 0.15) is 31.9 Å². The number of rotatable bonds is 6. The topological polar surface area (TPSA) is 15.3 Å². The molecule has 2 aromatic rings. The van der Waals surface area contributed by atoms with Crippen LogP contribution in [0.25, 0.3) is 0 Å². The number of halogens is 1. The summed E-state index contributed by atoms with van der Waals surface area (Å²) in [6.45, 7) is 5.26. The number of hydrogen-bond donors (Lipinski definition) is 1. The second kappa shape index (κ2) is 7.23. The maximum Gasteiger partial charge on any atom is 0.146 e. The Hall–Kier alpha value is -1.87. The summed E-state index contributed by atoms with van der Waals surface area (Å²) in [6.07, 6.45) is 1.09. The highest BCUT2D eigenvalue weighted by molar-refractivity contribution is 5.66. The van der Waals surface area contributed by atoms with E-state index < -0.39 is 0 Å². The van der Waals surface area contributed by atoms with Crippen LogP contribution < -0.4 is 10.2 Å². The summed E-state index contributed by atoms with van der Waals surface area (Å²) in [6, 6.07) is 15.2. The van der Waals surface area contributed by atoms with Crippen molar-refractivity contribution in [2.24, 2.45) is 0 Å². The lowest BCUT2D eigenvalue weighted by Crippen LogP contribution is -2.22. The van der Waals surface area contributed by atoms with Crippen molar-refractivity contribution in [3.8, 4) is 0 Å². The molecule has 0 bridgehead atoms. The summed E-state index contributed by atoms with van der Waals surface area (Å²) >= 11 is 0. The van der Waals surface area contributed by atoms with Gasteiger partial charge in [-0.2, -0.15) is 0 Å². The van der Waals surface area contributed by atoms with Crippen LogP contribution in [0.15, 0.2) is 48.5 Å². The minimum Gasteiger partial charge on any atom is -0.342 e. The molecule has 0 fully saturated rings. The van der Waals surface area contributed by atoms with Gasteiger partial charge in [-0.25, -0.2) is 4.39 Å². The molecule has 0 spiro atoms. The van der Waals surface area contributed by atoms with Gasteiger partial charge in [-0.05, 0) is 43.7 Å². The molecular weight excluding hydrogens is 263 g/mol. The van der Waals surface area contributed by atoms with E-state index in [-0.39, 0.29) is 11.9 Å². The molecule has 0 saturated heterocycles. The van der Waals surface area contributed by atoms with Crippen molar-refractivity contribution in [2.75, 3.05) is 18.5 Å². The molecule has 2 nitrogen and oxygen atoms in total. The Morgan fingerprint density at radius 1 is 1.05 bits per heavy atom. The van der Waals surface area contributed by atoms with Gasteiger partial charge in [0.25, 0.3) is 0 Å². The first-order chi connectivity index (χ1) is 10.1. The molecular formula is C18H23FN2. The normalized spacial score (nSPS) is 12.2. The first kappa shape index (κ1) is 15.5. The molecule has 0 radical (unpaired) electrons. The lowest BCUT2D eigenvalue weighted by Gasteiger charge is -2.26. The van der Waals surface area contributed by atoms with E-state index in [1.165, 1.54) is 11.6 Å². The fourth-order valence-corrected chi connectivity index (χ4v) is 2.48. The van der Waals surface area contributed by atoms with E-state index in [9.17, 15) is 4.39 Å². The fraction of sp³-hybridized carbons (Fsp3) is 0.333. The van der Waals surface area contributed by atoms with Crippen molar-refractivity contribution in [3.05, 3.63) is 59.9 Å². The van der Waals surface area contributed by atoms with Crippen LogP contribution in [-0.4, -0.2) is 13.6 Å².